The Bertz CT molecular complexity index is 622. The van der Waals surface area contributed by atoms with Crippen molar-refractivity contribution in [3.05, 3.63) is 46.6 Å². The zero-order valence-corrected chi connectivity index (χ0v) is 12.2. The zero-order chi connectivity index (χ0) is 15.2. The highest BCUT2D eigenvalue weighted by atomic mass is 32.2. The van der Waals surface area contributed by atoms with Gasteiger partial charge in [-0.25, -0.2) is 14.4 Å². The van der Waals surface area contributed by atoms with Crippen LogP contribution in [-0.4, -0.2) is 26.8 Å². The molecule has 110 valence electrons. The summed E-state index contributed by atoms with van der Waals surface area (Å²) in [7, 11) is 0. The lowest BCUT2D eigenvalue weighted by Gasteiger charge is -2.05. The summed E-state index contributed by atoms with van der Waals surface area (Å²) in [6.45, 7) is 1.79. The SMILES string of the molecule is CCC(F)CSc1nccc(-c2ccc([N+](=O)[O-])cc2)n1. The van der Waals surface area contributed by atoms with Crippen LogP contribution in [0.15, 0.2) is 41.7 Å². The largest absolute Gasteiger partial charge is 0.269 e. The predicted molar refractivity (Wildman–Crippen MR) is 80.0 cm³/mol. The zero-order valence-electron chi connectivity index (χ0n) is 11.4. The number of hydrogen-bond donors (Lipinski definition) is 0. The Balaban J connectivity index is 2.14. The number of alkyl halides is 1. The van der Waals surface area contributed by atoms with Crippen molar-refractivity contribution in [2.24, 2.45) is 0 Å². The van der Waals surface area contributed by atoms with Crippen LogP contribution in [0.2, 0.25) is 0 Å². The van der Waals surface area contributed by atoms with Gasteiger partial charge in [0.1, 0.15) is 6.17 Å². The van der Waals surface area contributed by atoms with Crippen LogP contribution < -0.4 is 0 Å². The molecule has 0 aliphatic heterocycles. The molecule has 0 N–H and O–H groups in total. The molecule has 0 saturated heterocycles. The van der Waals surface area contributed by atoms with Gasteiger partial charge >= 0.3 is 0 Å². The average Bonchev–Trinajstić information content (AvgIpc) is 2.53. The summed E-state index contributed by atoms with van der Waals surface area (Å²) in [5.74, 6) is 0.320. The molecule has 21 heavy (non-hydrogen) atoms. The molecule has 2 aromatic rings. The smallest absolute Gasteiger partial charge is 0.258 e. The third-order valence-electron chi connectivity index (χ3n) is 2.84. The van der Waals surface area contributed by atoms with E-state index < -0.39 is 11.1 Å². The molecule has 5 nitrogen and oxygen atoms in total. The van der Waals surface area contributed by atoms with E-state index in [0.29, 0.717) is 23.0 Å². The second-order valence-corrected chi connectivity index (χ2v) is 5.33. The van der Waals surface area contributed by atoms with E-state index in [9.17, 15) is 14.5 Å². The molecular formula is C14H14FN3O2S. The highest BCUT2D eigenvalue weighted by Crippen LogP contribution is 2.23. The Morgan fingerprint density at radius 3 is 2.67 bits per heavy atom. The normalized spacial score (nSPS) is 12.1. The van der Waals surface area contributed by atoms with Crippen molar-refractivity contribution in [3.8, 4) is 11.3 Å². The number of thioether (sulfide) groups is 1. The lowest BCUT2D eigenvalue weighted by atomic mass is 10.1. The number of nitrogens with zero attached hydrogens (tertiary/aromatic N) is 3. The molecule has 2 rings (SSSR count). The Labute approximate surface area is 125 Å². The standard InChI is InChI=1S/C14H14FN3O2S/c1-2-11(15)9-21-14-16-8-7-13(17-14)10-3-5-12(6-4-10)18(19)20/h3-8,11H,2,9H2,1H3. The molecule has 1 unspecified atom stereocenters. The number of nitro benzene ring substituents is 1. The van der Waals surface area contributed by atoms with Gasteiger partial charge in [0.05, 0.1) is 10.6 Å². The molecule has 0 aliphatic rings. The number of benzene rings is 1. The third kappa shape index (κ3) is 4.22. The molecule has 0 bridgehead atoms. The van der Waals surface area contributed by atoms with Crippen molar-refractivity contribution in [2.75, 3.05) is 5.75 Å². The van der Waals surface area contributed by atoms with Crippen molar-refractivity contribution >= 4 is 17.4 Å². The first-order chi connectivity index (χ1) is 10.1. The minimum Gasteiger partial charge on any atom is -0.258 e. The van der Waals surface area contributed by atoms with Gasteiger partial charge in [-0.15, -0.1) is 0 Å². The van der Waals surface area contributed by atoms with Gasteiger partial charge in [0, 0.05) is 29.6 Å². The van der Waals surface area contributed by atoms with Crippen LogP contribution in [0.4, 0.5) is 10.1 Å². The van der Waals surface area contributed by atoms with Crippen LogP contribution >= 0.6 is 11.8 Å². The molecule has 0 saturated carbocycles. The number of nitro groups is 1. The maximum absolute atomic E-state index is 13.2. The first-order valence-corrected chi connectivity index (χ1v) is 7.43. The van der Waals surface area contributed by atoms with Gasteiger partial charge in [0.2, 0.25) is 0 Å². The van der Waals surface area contributed by atoms with Crippen molar-refractivity contribution < 1.29 is 9.31 Å². The predicted octanol–water partition coefficient (Wildman–Crippen LogP) is 3.89. The van der Waals surface area contributed by atoms with E-state index >= 15 is 0 Å². The summed E-state index contributed by atoms with van der Waals surface area (Å²) in [6.07, 6.45) is 1.20. The molecule has 0 amide bonds. The van der Waals surface area contributed by atoms with E-state index in [4.69, 9.17) is 0 Å². The maximum atomic E-state index is 13.2. The topological polar surface area (TPSA) is 68.9 Å². The third-order valence-corrected chi connectivity index (χ3v) is 3.83. The monoisotopic (exact) mass is 307 g/mol. The lowest BCUT2D eigenvalue weighted by Crippen LogP contribution is -2.02. The van der Waals surface area contributed by atoms with Gasteiger partial charge in [-0.3, -0.25) is 10.1 Å². The number of aromatic nitrogens is 2. The van der Waals surface area contributed by atoms with Crippen LogP contribution in [0, 0.1) is 10.1 Å². The maximum Gasteiger partial charge on any atom is 0.269 e. The van der Waals surface area contributed by atoms with Crippen molar-refractivity contribution in [1.29, 1.82) is 0 Å². The summed E-state index contributed by atoms with van der Waals surface area (Å²) in [6, 6.07) is 7.85. The lowest BCUT2D eigenvalue weighted by molar-refractivity contribution is -0.384. The fourth-order valence-electron chi connectivity index (χ4n) is 1.61. The minimum atomic E-state index is -0.873. The minimum absolute atomic E-state index is 0.0330. The first-order valence-electron chi connectivity index (χ1n) is 6.45. The molecule has 0 aliphatic carbocycles. The Kier molecular flexibility index (Phi) is 5.21. The highest BCUT2D eigenvalue weighted by molar-refractivity contribution is 7.99. The fraction of sp³-hybridized carbons (Fsp3) is 0.286. The number of non-ortho nitro benzene ring substituents is 1. The van der Waals surface area contributed by atoms with E-state index in [-0.39, 0.29) is 5.69 Å². The van der Waals surface area contributed by atoms with E-state index in [1.54, 1.807) is 31.3 Å². The summed E-state index contributed by atoms with van der Waals surface area (Å²) < 4.78 is 13.2. The van der Waals surface area contributed by atoms with Crippen molar-refractivity contribution in [2.45, 2.75) is 24.7 Å². The summed E-state index contributed by atoms with van der Waals surface area (Å²) >= 11 is 1.26. The van der Waals surface area contributed by atoms with Crippen LogP contribution in [0.25, 0.3) is 11.3 Å². The van der Waals surface area contributed by atoms with E-state index in [0.717, 1.165) is 5.56 Å². The first kappa shape index (κ1) is 15.4. The number of rotatable bonds is 6. The van der Waals surface area contributed by atoms with Crippen LogP contribution in [0.5, 0.6) is 0 Å². The van der Waals surface area contributed by atoms with Crippen LogP contribution in [0.1, 0.15) is 13.3 Å². The summed E-state index contributed by atoms with van der Waals surface area (Å²) in [5.41, 5.74) is 1.46. The molecule has 1 aromatic carbocycles. The van der Waals surface area contributed by atoms with E-state index in [1.165, 1.54) is 23.9 Å². The van der Waals surface area contributed by atoms with Gasteiger partial charge in [-0.05, 0) is 24.6 Å². The molecule has 1 atom stereocenters. The van der Waals surface area contributed by atoms with E-state index in [2.05, 4.69) is 9.97 Å². The summed E-state index contributed by atoms with van der Waals surface area (Å²) in [4.78, 5) is 18.6. The average molecular weight is 307 g/mol. The fourth-order valence-corrected chi connectivity index (χ4v) is 2.47. The van der Waals surface area contributed by atoms with Gasteiger partial charge in [-0.2, -0.15) is 0 Å². The van der Waals surface area contributed by atoms with Crippen molar-refractivity contribution in [3.63, 3.8) is 0 Å². The summed E-state index contributed by atoms with van der Waals surface area (Å²) in [5, 5.41) is 11.1. The molecule has 0 fully saturated rings. The van der Waals surface area contributed by atoms with Crippen LogP contribution in [0.3, 0.4) is 0 Å². The van der Waals surface area contributed by atoms with Crippen LogP contribution in [-0.2, 0) is 0 Å². The van der Waals surface area contributed by atoms with Gasteiger partial charge in [0.15, 0.2) is 5.16 Å². The quantitative estimate of drug-likeness (QED) is 0.350. The van der Waals surface area contributed by atoms with Crippen molar-refractivity contribution in [1.82, 2.24) is 9.97 Å². The number of halogens is 1. The van der Waals surface area contributed by atoms with Gasteiger partial charge in [0.25, 0.3) is 5.69 Å². The Morgan fingerprint density at radius 1 is 1.33 bits per heavy atom. The molecule has 0 spiro atoms. The number of hydrogen-bond acceptors (Lipinski definition) is 5. The highest BCUT2D eigenvalue weighted by Gasteiger charge is 2.09. The van der Waals surface area contributed by atoms with E-state index in [1.807, 2.05) is 0 Å². The molecule has 1 heterocycles. The molecule has 1 aromatic heterocycles. The molecule has 0 radical (unpaired) electrons. The Morgan fingerprint density at radius 2 is 2.05 bits per heavy atom. The molecular weight excluding hydrogens is 293 g/mol. The second-order valence-electron chi connectivity index (χ2n) is 4.34. The van der Waals surface area contributed by atoms with Gasteiger partial charge < -0.3 is 0 Å². The second kappa shape index (κ2) is 7.12. The Hall–Kier alpha value is -2.02. The van der Waals surface area contributed by atoms with Gasteiger partial charge in [-0.1, -0.05) is 18.7 Å². The molecule has 7 heteroatoms.